The van der Waals surface area contributed by atoms with E-state index in [4.69, 9.17) is 0 Å². The van der Waals surface area contributed by atoms with Crippen molar-refractivity contribution in [2.24, 2.45) is 0 Å². The summed E-state index contributed by atoms with van der Waals surface area (Å²) >= 11 is 0. The fraction of sp³-hybridized carbons (Fsp3) is 0.857. The van der Waals surface area contributed by atoms with E-state index in [0.29, 0.717) is 13.1 Å². The Kier molecular flexibility index (Phi) is 13.9. The summed E-state index contributed by atoms with van der Waals surface area (Å²) in [5, 5.41) is 5.80. The molecule has 0 aliphatic carbocycles. The molecule has 0 saturated heterocycles. The van der Waals surface area contributed by atoms with Crippen molar-refractivity contribution in [3.05, 3.63) is 0 Å². The van der Waals surface area contributed by atoms with E-state index in [0.717, 1.165) is 37.4 Å². The fourth-order valence-electron chi connectivity index (χ4n) is 1.52. The van der Waals surface area contributed by atoms with Crippen molar-refractivity contribution in [1.29, 1.82) is 0 Å². The molecule has 0 aromatic rings. The van der Waals surface area contributed by atoms with Gasteiger partial charge in [-0.1, -0.05) is 21.6 Å². The van der Waals surface area contributed by atoms with Gasteiger partial charge < -0.3 is 20.4 Å². The third kappa shape index (κ3) is 15.9. The molecule has 0 spiro atoms. The van der Waals surface area contributed by atoms with E-state index in [1.54, 1.807) is 0 Å². The zero-order valence-corrected chi connectivity index (χ0v) is 15.8. The van der Waals surface area contributed by atoms with Gasteiger partial charge >= 0.3 is 0 Å². The maximum absolute atomic E-state index is 11.4. The molecule has 0 saturated carbocycles. The van der Waals surface area contributed by atoms with Crippen LogP contribution in [0.4, 0.5) is 0 Å². The van der Waals surface area contributed by atoms with Gasteiger partial charge in [0.25, 0.3) is 0 Å². The molecular formula is C14H30N4O2S2. The first-order chi connectivity index (χ1) is 10.4. The number of carbonyl (C=O) groups excluding carboxylic acids is 2. The van der Waals surface area contributed by atoms with Crippen LogP contribution in [0.15, 0.2) is 0 Å². The van der Waals surface area contributed by atoms with Crippen LogP contribution in [-0.2, 0) is 9.59 Å². The standard InChI is InChI=1S/C14H30N4O2S2/c1-17(2)11-13(19)15-7-5-9-21-22-10-6-8-16-14(20)12-18(3)4/h5-12H2,1-4H3,(H,15,19)(H,16,20). The lowest BCUT2D eigenvalue weighted by Crippen LogP contribution is -2.34. The first-order valence-corrected chi connectivity index (χ1v) is 9.98. The first kappa shape index (κ1) is 21.6. The summed E-state index contributed by atoms with van der Waals surface area (Å²) in [7, 11) is 11.2. The SMILES string of the molecule is CN(C)CC(=O)NCCCSSCCCNC(=O)CN(C)C. The third-order valence-corrected chi connectivity index (χ3v) is 5.03. The average molecular weight is 351 g/mol. The summed E-state index contributed by atoms with van der Waals surface area (Å²) in [6.07, 6.45) is 1.97. The molecule has 0 aromatic heterocycles. The van der Waals surface area contributed by atoms with E-state index in [-0.39, 0.29) is 11.8 Å². The van der Waals surface area contributed by atoms with Crippen LogP contribution < -0.4 is 10.6 Å². The van der Waals surface area contributed by atoms with Crippen molar-refractivity contribution in [2.45, 2.75) is 12.8 Å². The molecule has 0 aliphatic rings. The van der Waals surface area contributed by atoms with Crippen LogP contribution in [-0.4, -0.2) is 87.5 Å². The van der Waals surface area contributed by atoms with E-state index < -0.39 is 0 Å². The Morgan fingerprint density at radius 1 is 0.773 bits per heavy atom. The minimum atomic E-state index is 0.0797. The predicted molar refractivity (Wildman–Crippen MR) is 97.3 cm³/mol. The highest BCUT2D eigenvalue weighted by molar-refractivity contribution is 8.76. The molecule has 0 radical (unpaired) electrons. The first-order valence-electron chi connectivity index (χ1n) is 7.49. The van der Waals surface area contributed by atoms with Gasteiger partial charge in [0.05, 0.1) is 13.1 Å². The van der Waals surface area contributed by atoms with Gasteiger partial charge in [0.15, 0.2) is 0 Å². The Bertz CT molecular complexity index is 285. The van der Waals surface area contributed by atoms with Crippen LogP contribution in [0.25, 0.3) is 0 Å². The van der Waals surface area contributed by atoms with Crippen molar-refractivity contribution in [3.63, 3.8) is 0 Å². The van der Waals surface area contributed by atoms with E-state index >= 15 is 0 Å². The minimum Gasteiger partial charge on any atom is -0.355 e. The molecule has 22 heavy (non-hydrogen) atoms. The van der Waals surface area contributed by atoms with Gasteiger partial charge in [0.2, 0.25) is 11.8 Å². The van der Waals surface area contributed by atoms with Gasteiger partial charge in [0.1, 0.15) is 0 Å². The molecule has 6 nitrogen and oxygen atoms in total. The molecule has 0 unspecified atom stereocenters. The summed E-state index contributed by atoms with van der Waals surface area (Å²) in [4.78, 5) is 26.5. The van der Waals surface area contributed by atoms with Gasteiger partial charge in [-0.15, -0.1) is 0 Å². The van der Waals surface area contributed by atoms with Gasteiger partial charge in [0, 0.05) is 24.6 Å². The Balaban J connectivity index is 3.24. The van der Waals surface area contributed by atoms with E-state index in [1.165, 1.54) is 0 Å². The molecule has 0 bridgehead atoms. The van der Waals surface area contributed by atoms with Gasteiger partial charge in [-0.2, -0.15) is 0 Å². The summed E-state index contributed by atoms with van der Waals surface area (Å²) in [6, 6.07) is 0. The van der Waals surface area contributed by atoms with E-state index in [9.17, 15) is 9.59 Å². The second-order valence-corrected chi connectivity index (χ2v) is 8.23. The molecule has 0 heterocycles. The fourth-order valence-corrected chi connectivity index (χ4v) is 3.70. The zero-order chi connectivity index (χ0) is 16.8. The number of likely N-dealkylation sites (N-methyl/N-ethyl adjacent to an activating group) is 2. The van der Waals surface area contributed by atoms with Crippen LogP contribution >= 0.6 is 21.6 Å². The predicted octanol–water partition coefficient (Wildman–Crippen LogP) is 0.504. The Morgan fingerprint density at radius 3 is 1.45 bits per heavy atom. The molecule has 0 aliphatic heterocycles. The molecule has 0 atom stereocenters. The lowest BCUT2D eigenvalue weighted by Gasteiger charge is -2.10. The summed E-state index contributed by atoms with van der Waals surface area (Å²) in [5.74, 6) is 2.21. The van der Waals surface area contributed by atoms with Crippen molar-refractivity contribution >= 4 is 33.4 Å². The third-order valence-electron chi connectivity index (χ3n) is 2.46. The number of amides is 2. The Labute approximate surface area is 142 Å². The Morgan fingerprint density at radius 2 is 1.14 bits per heavy atom. The second kappa shape index (κ2) is 14.2. The number of carbonyl (C=O) groups is 2. The number of hydrogen-bond acceptors (Lipinski definition) is 6. The second-order valence-electron chi connectivity index (χ2n) is 5.53. The van der Waals surface area contributed by atoms with Crippen LogP contribution in [0.1, 0.15) is 12.8 Å². The zero-order valence-electron chi connectivity index (χ0n) is 14.2. The van der Waals surface area contributed by atoms with Gasteiger partial charge in [-0.05, 0) is 41.0 Å². The van der Waals surface area contributed by atoms with Crippen LogP contribution in [0.3, 0.4) is 0 Å². The highest BCUT2D eigenvalue weighted by atomic mass is 33.1. The van der Waals surface area contributed by atoms with Crippen LogP contribution in [0.5, 0.6) is 0 Å². The quantitative estimate of drug-likeness (QED) is 0.373. The normalized spacial score (nSPS) is 11.0. The number of nitrogens with zero attached hydrogens (tertiary/aromatic N) is 2. The average Bonchev–Trinajstić information content (AvgIpc) is 2.39. The Hall–Kier alpha value is -0.440. The maximum atomic E-state index is 11.4. The smallest absolute Gasteiger partial charge is 0.234 e. The maximum Gasteiger partial charge on any atom is 0.234 e. The molecular weight excluding hydrogens is 320 g/mol. The topological polar surface area (TPSA) is 64.7 Å². The summed E-state index contributed by atoms with van der Waals surface area (Å²) in [5.41, 5.74) is 0. The summed E-state index contributed by atoms with van der Waals surface area (Å²) in [6.45, 7) is 2.37. The minimum absolute atomic E-state index is 0.0797. The van der Waals surface area contributed by atoms with Crippen molar-refractivity contribution in [1.82, 2.24) is 20.4 Å². The largest absolute Gasteiger partial charge is 0.355 e. The van der Waals surface area contributed by atoms with E-state index in [2.05, 4.69) is 10.6 Å². The molecule has 8 heteroatoms. The number of nitrogens with one attached hydrogen (secondary N) is 2. The molecule has 0 fully saturated rings. The lowest BCUT2D eigenvalue weighted by molar-refractivity contribution is -0.122. The monoisotopic (exact) mass is 350 g/mol. The molecule has 130 valence electrons. The van der Waals surface area contributed by atoms with E-state index in [1.807, 2.05) is 59.6 Å². The number of rotatable bonds is 13. The number of hydrogen-bond donors (Lipinski definition) is 2. The van der Waals surface area contributed by atoms with Crippen LogP contribution in [0.2, 0.25) is 0 Å². The molecule has 0 rings (SSSR count). The van der Waals surface area contributed by atoms with Crippen molar-refractivity contribution in [2.75, 3.05) is 65.9 Å². The van der Waals surface area contributed by atoms with Gasteiger partial charge in [-0.25, -0.2) is 0 Å². The highest BCUT2D eigenvalue weighted by Crippen LogP contribution is 2.22. The van der Waals surface area contributed by atoms with Crippen molar-refractivity contribution in [3.8, 4) is 0 Å². The highest BCUT2D eigenvalue weighted by Gasteiger charge is 2.02. The molecule has 2 amide bonds. The van der Waals surface area contributed by atoms with Crippen molar-refractivity contribution < 1.29 is 9.59 Å². The molecule has 2 N–H and O–H groups in total. The molecule has 0 aromatic carbocycles. The van der Waals surface area contributed by atoms with Gasteiger partial charge in [-0.3, -0.25) is 9.59 Å². The lowest BCUT2D eigenvalue weighted by atomic mass is 10.4. The summed E-state index contributed by atoms with van der Waals surface area (Å²) < 4.78 is 0. The van der Waals surface area contributed by atoms with Crippen LogP contribution in [0, 0.1) is 0 Å².